The second-order valence-electron chi connectivity index (χ2n) is 3.55. The summed E-state index contributed by atoms with van der Waals surface area (Å²) in [6.07, 6.45) is -3.38. The van der Waals surface area contributed by atoms with Crippen LogP contribution in [0.3, 0.4) is 0 Å². The fourth-order valence-electron chi connectivity index (χ4n) is 1.20. The average Bonchev–Trinajstić information content (AvgIpc) is 2.39. The lowest BCUT2D eigenvalue weighted by atomic mass is 10.3. The van der Waals surface area contributed by atoms with E-state index >= 15 is 0 Å². The van der Waals surface area contributed by atoms with E-state index < -0.39 is 17.8 Å². The normalized spacial score (nSPS) is 11.3. The molecule has 0 amide bonds. The maximum absolute atomic E-state index is 12.3. The summed E-state index contributed by atoms with van der Waals surface area (Å²) in [5, 5.41) is 15.8. The highest BCUT2D eigenvalue weighted by Gasteiger charge is 2.32. The minimum Gasteiger partial charge on any atom is -0.478 e. The third-order valence-corrected chi connectivity index (χ3v) is 3.00. The van der Waals surface area contributed by atoms with Crippen LogP contribution < -0.4 is 0 Å². The number of carboxylic acid groups (broad SMARTS) is 1. The molecule has 0 atom stereocenters. The molecule has 0 aromatic carbocycles. The number of aromatic carboxylic acids is 1. The van der Waals surface area contributed by atoms with Gasteiger partial charge in [0.2, 0.25) is 0 Å². The zero-order valence-electron chi connectivity index (χ0n) is 9.63. The quantitative estimate of drug-likeness (QED) is 0.939. The summed E-state index contributed by atoms with van der Waals surface area (Å²) in [6.45, 7) is 0. The topological polar surface area (TPSA) is 76.0 Å². The number of carboxylic acids is 1. The molecule has 2 aromatic heterocycles. The van der Waals surface area contributed by atoms with Crippen molar-refractivity contribution in [3.8, 4) is 0 Å². The van der Waals surface area contributed by atoms with Gasteiger partial charge in [-0.2, -0.15) is 13.2 Å². The molecule has 1 N–H and O–H groups in total. The molecule has 2 aromatic rings. The van der Waals surface area contributed by atoms with Crippen LogP contribution >= 0.6 is 11.8 Å². The van der Waals surface area contributed by atoms with Crippen LogP contribution in [-0.4, -0.2) is 26.3 Å². The Morgan fingerprint density at radius 2 is 1.80 bits per heavy atom. The SMILES string of the molecule is O=C(O)c1ccc(Sc2ccc(C(F)(F)F)nn2)nc1. The summed E-state index contributed by atoms with van der Waals surface area (Å²) in [6, 6.07) is 4.77. The molecule has 0 aliphatic heterocycles. The average molecular weight is 301 g/mol. The van der Waals surface area contributed by atoms with Gasteiger partial charge in [-0.25, -0.2) is 9.78 Å². The number of pyridine rings is 1. The van der Waals surface area contributed by atoms with Gasteiger partial charge in [-0.1, -0.05) is 0 Å². The molecule has 104 valence electrons. The third-order valence-electron chi connectivity index (χ3n) is 2.12. The molecule has 0 aliphatic carbocycles. The number of alkyl halides is 3. The molecule has 2 heterocycles. The van der Waals surface area contributed by atoms with Crippen molar-refractivity contribution >= 4 is 17.7 Å². The van der Waals surface area contributed by atoms with E-state index in [1.165, 1.54) is 18.2 Å². The molecule has 0 spiro atoms. The Hall–Kier alpha value is -2.16. The zero-order chi connectivity index (χ0) is 14.8. The minimum atomic E-state index is -4.53. The Bertz CT molecular complexity index is 614. The zero-order valence-corrected chi connectivity index (χ0v) is 10.4. The summed E-state index contributed by atoms with van der Waals surface area (Å²) in [5.74, 6) is -1.11. The molecule has 0 bridgehead atoms. The molecular formula is C11H6F3N3O2S. The lowest BCUT2D eigenvalue weighted by Gasteiger charge is -2.05. The van der Waals surface area contributed by atoms with Crippen LogP contribution in [0.5, 0.6) is 0 Å². The van der Waals surface area contributed by atoms with Crippen molar-refractivity contribution in [2.45, 2.75) is 16.2 Å². The Morgan fingerprint density at radius 1 is 1.10 bits per heavy atom. The number of rotatable bonds is 3. The van der Waals surface area contributed by atoms with E-state index in [0.717, 1.165) is 24.0 Å². The van der Waals surface area contributed by atoms with Gasteiger partial charge in [0.15, 0.2) is 5.69 Å². The Morgan fingerprint density at radius 3 is 2.25 bits per heavy atom. The lowest BCUT2D eigenvalue weighted by Crippen LogP contribution is -2.08. The van der Waals surface area contributed by atoms with Crippen molar-refractivity contribution in [2.75, 3.05) is 0 Å². The first-order chi connectivity index (χ1) is 9.36. The van der Waals surface area contributed by atoms with E-state index in [1.54, 1.807) is 0 Å². The Balaban J connectivity index is 2.12. The molecule has 2 rings (SSSR count). The second kappa shape index (κ2) is 5.45. The lowest BCUT2D eigenvalue weighted by molar-refractivity contribution is -0.141. The summed E-state index contributed by atoms with van der Waals surface area (Å²) < 4.78 is 36.9. The highest BCUT2D eigenvalue weighted by molar-refractivity contribution is 7.99. The van der Waals surface area contributed by atoms with Gasteiger partial charge >= 0.3 is 12.1 Å². The number of hydrogen-bond donors (Lipinski definition) is 1. The van der Waals surface area contributed by atoms with Gasteiger partial charge in [0.25, 0.3) is 0 Å². The monoisotopic (exact) mass is 301 g/mol. The van der Waals surface area contributed by atoms with Crippen LogP contribution in [0.15, 0.2) is 40.5 Å². The summed E-state index contributed by atoms with van der Waals surface area (Å²) in [4.78, 5) is 14.5. The molecule has 0 aliphatic rings. The van der Waals surface area contributed by atoms with Gasteiger partial charge in [-0.05, 0) is 36.0 Å². The van der Waals surface area contributed by atoms with Crippen molar-refractivity contribution in [3.63, 3.8) is 0 Å². The molecular weight excluding hydrogens is 295 g/mol. The van der Waals surface area contributed by atoms with Crippen LogP contribution in [0, 0.1) is 0 Å². The molecule has 0 fully saturated rings. The van der Waals surface area contributed by atoms with E-state index in [-0.39, 0.29) is 10.6 Å². The van der Waals surface area contributed by atoms with Crippen molar-refractivity contribution in [2.24, 2.45) is 0 Å². The summed E-state index contributed by atoms with van der Waals surface area (Å²) in [5.41, 5.74) is -1.05. The van der Waals surface area contributed by atoms with Gasteiger partial charge in [-0.15, -0.1) is 10.2 Å². The predicted molar refractivity (Wildman–Crippen MR) is 62.4 cm³/mol. The van der Waals surface area contributed by atoms with Crippen molar-refractivity contribution in [3.05, 3.63) is 41.7 Å². The van der Waals surface area contributed by atoms with Crippen molar-refractivity contribution in [1.82, 2.24) is 15.2 Å². The van der Waals surface area contributed by atoms with Gasteiger partial charge in [0.05, 0.1) is 5.56 Å². The maximum Gasteiger partial charge on any atom is 0.435 e. The highest BCUT2D eigenvalue weighted by Crippen LogP contribution is 2.29. The first-order valence-electron chi connectivity index (χ1n) is 5.14. The first kappa shape index (κ1) is 14.3. The van der Waals surface area contributed by atoms with Crippen LogP contribution in [0.1, 0.15) is 16.1 Å². The number of hydrogen-bond acceptors (Lipinski definition) is 5. The summed E-state index contributed by atoms with van der Waals surface area (Å²) >= 11 is 0.982. The predicted octanol–water partition coefficient (Wildman–Crippen LogP) is 2.74. The smallest absolute Gasteiger partial charge is 0.435 e. The number of nitrogens with zero attached hydrogens (tertiary/aromatic N) is 3. The molecule has 0 unspecified atom stereocenters. The number of carbonyl (C=O) groups is 1. The van der Waals surface area contributed by atoms with E-state index in [0.29, 0.717) is 5.03 Å². The molecule has 0 radical (unpaired) electrons. The van der Waals surface area contributed by atoms with E-state index in [1.807, 2.05) is 0 Å². The summed E-state index contributed by atoms with van der Waals surface area (Å²) in [7, 11) is 0. The minimum absolute atomic E-state index is 0.0212. The van der Waals surface area contributed by atoms with Crippen LogP contribution in [0.25, 0.3) is 0 Å². The van der Waals surface area contributed by atoms with Gasteiger partial charge < -0.3 is 5.11 Å². The Labute approximate surface area is 114 Å². The largest absolute Gasteiger partial charge is 0.478 e. The van der Waals surface area contributed by atoms with Crippen molar-refractivity contribution < 1.29 is 23.1 Å². The molecule has 9 heteroatoms. The van der Waals surface area contributed by atoms with Crippen LogP contribution in [-0.2, 0) is 6.18 Å². The highest BCUT2D eigenvalue weighted by atomic mass is 32.2. The van der Waals surface area contributed by atoms with Gasteiger partial charge in [0, 0.05) is 6.20 Å². The van der Waals surface area contributed by atoms with Crippen molar-refractivity contribution in [1.29, 1.82) is 0 Å². The molecule has 20 heavy (non-hydrogen) atoms. The second-order valence-corrected chi connectivity index (χ2v) is 4.59. The van der Waals surface area contributed by atoms with E-state index in [2.05, 4.69) is 15.2 Å². The number of aromatic nitrogens is 3. The third kappa shape index (κ3) is 3.44. The van der Waals surface area contributed by atoms with Gasteiger partial charge in [0.1, 0.15) is 10.1 Å². The van der Waals surface area contributed by atoms with Crippen LogP contribution in [0.2, 0.25) is 0 Å². The van der Waals surface area contributed by atoms with E-state index in [4.69, 9.17) is 5.11 Å². The fourth-order valence-corrected chi connectivity index (χ4v) is 1.87. The number of halogens is 3. The molecule has 5 nitrogen and oxygen atoms in total. The van der Waals surface area contributed by atoms with Crippen LogP contribution in [0.4, 0.5) is 13.2 Å². The first-order valence-corrected chi connectivity index (χ1v) is 5.96. The van der Waals surface area contributed by atoms with Gasteiger partial charge in [-0.3, -0.25) is 0 Å². The molecule has 0 saturated heterocycles. The Kier molecular flexibility index (Phi) is 3.89. The standard InChI is InChI=1S/C11H6F3N3O2S/c12-11(13,14)7-2-4-9(17-16-7)20-8-3-1-6(5-15-8)10(18)19/h1-5H,(H,18,19). The molecule has 0 saturated carbocycles. The maximum atomic E-state index is 12.3. The fraction of sp³-hybridized carbons (Fsp3) is 0.0909. The van der Waals surface area contributed by atoms with E-state index in [9.17, 15) is 18.0 Å².